The third-order valence-corrected chi connectivity index (χ3v) is 3.69. The molecule has 0 radical (unpaired) electrons. The molecule has 0 saturated carbocycles. The molecule has 1 unspecified atom stereocenters. The number of aliphatic hydroxyl groups is 1. The molecule has 1 atom stereocenters. The van der Waals surface area contributed by atoms with Crippen molar-refractivity contribution in [1.29, 1.82) is 0 Å². The summed E-state index contributed by atoms with van der Waals surface area (Å²) in [5, 5.41) is 11.8. The number of carbonyl (C=O) groups is 1. The molecule has 1 amide bonds. The molecule has 0 aliphatic heterocycles. The van der Waals surface area contributed by atoms with Gasteiger partial charge in [0.2, 0.25) is 5.91 Å². The lowest BCUT2D eigenvalue weighted by Crippen LogP contribution is -2.39. The second kappa shape index (κ2) is 6.58. The number of aromatic nitrogens is 2. The number of para-hydroxylation sites is 2. The number of benzene rings is 1. The van der Waals surface area contributed by atoms with Crippen molar-refractivity contribution >= 4 is 16.9 Å². The van der Waals surface area contributed by atoms with Crippen LogP contribution in [0.25, 0.3) is 11.0 Å². The van der Waals surface area contributed by atoms with Crippen LogP contribution in [0.15, 0.2) is 29.1 Å². The monoisotopic (exact) mass is 291 g/mol. The fourth-order valence-corrected chi connectivity index (χ4v) is 2.47. The van der Waals surface area contributed by atoms with Gasteiger partial charge in [0.05, 0.1) is 11.0 Å². The van der Waals surface area contributed by atoms with E-state index >= 15 is 0 Å². The lowest BCUT2D eigenvalue weighted by atomic mass is 10.1. The van der Waals surface area contributed by atoms with Gasteiger partial charge in [0.15, 0.2) is 0 Å². The summed E-state index contributed by atoms with van der Waals surface area (Å²) >= 11 is 0. The molecule has 1 aromatic heterocycles. The Labute approximate surface area is 123 Å². The summed E-state index contributed by atoms with van der Waals surface area (Å²) in [4.78, 5) is 24.3. The Morgan fingerprint density at radius 2 is 2.00 bits per heavy atom. The molecule has 0 aliphatic carbocycles. The number of aryl methyl sites for hydroxylation is 1. The van der Waals surface area contributed by atoms with Crippen molar-refractivity contribution in [2.24, 2.45) is 7.05 Å². The van der Waals surface area contributed by atoms with Crippen molar-refractivity contribution in [2.75, 3.05) is 6.61 Å². The molecular weight excluding hydrogens is 270 g/mol. The number of carbonyl (C=O) groups excluding carboxylic acids is 1. The average molecular weight is 291 g/mol. The van der Waals surface area contributed by atoms with Crippen LogP contribution in [0.3, 0.4) is 0 Å². The number of rotatable bonds is 6. The van der Waals surface area contributed by atoms with Gasteiger partial charge in [-0.1, -0.05) is 19.1 Å². The highest BCUT2D eigenvalue weighted by Crippen LogP contribution is 2.11. The predicted octanol–water partition coefficient (Wildman–Crippen LogP) is 0.617. The highest BCUT2D eigenvalue weighted by atomic mass is 16.3. The van der Waals surface area contributed by atoms with Crippen LogP contribution in [0.1, 0.15) is 19.8 Å². The van der Waals surface area contributed by atoms with Crippen molar-refractivity contribution < 1.29 is 9.90 Å². The van der Waals surface area contributed by atoms with E-state index in [0.717, 1.165) is 17.5 Å². The van der Waals surface area contributed by atoms with Crippen LogP contribution in [0, 0.1) is 0 Å². The molecule has 0 spiro atoms. The maximum atomic E-state index is 12.2. The van der Waals surface area contributed by atoms with Gasteiger partial charge in [0.1, 0.15) is 6.54 Å². The first kappa shape index (κ1) is 15.3. The van der Waals surface area contributed by atoms with Gasteiger partial charge < -0.3 is 10.4 Å². The largest absolute Gasteiger partial charge is 0.396 e. The van der Waals surface area contributed by atoms with Crippen molar-refractivity contribution in [3.63, 3.8) is 0 Å². The summed E-state index contributed by atoms with van der Waals surface area (Å²) in [6.45, 7) is 1.97. The lowest BCUT2D eigenvalue weighted by molar-refractivity contribution is -0.122. The van der Waals surface area contributed by atoms with E-state index in [1.54, 1.807) is 7.05 Å². The average Bonchev–Trinajstić information content (AvgIpc) is 2.72. The minimum Gasteiger partial charge on any atom is -0.396 e. The van der Waals surface area contributed by atoms with Gasteiger partial charge in [-0.2, -0.15) is 0 Å². The normalized spacial score (nSPS) is 12.5. The van der Waals surface area contributed by atoms with Gasteiger partial charge in [-0.05, 0) is 25.0 Å². The molecule has 0 fully saturated rings. The quantitative estimate of drug-likeness (QED) is 0.819. The van der Waals surface area contributed by atoms with E-state index in [4.69, 9.17) is 5.11 Å². The van der Waals surface area contributed by atoms with Crippen LogP contribution >= 0.6 is 0 Å². The number of aliphatic hydroxyl groups excluding tert-OH is 1. The minimum absolute atomic E-state index is 0.0118. The fraction of sp³-hybridized carbons (Fsp3) is 0.467. The van der Waals surface area contributed by atoms with E-state index in [-0.39, 0.29) is 30.8 Å². The molecule has 21 heavy (non-hydrogen) atoms. The molecule has 1 heterocycles. The Balaban J connectivity index is 2.22. The fourth-order valence-electron chi connectivity index (χ4n) is 2.47. The van der Waals surface area contributed by atoms with Crippen molar-refractivity contribution in [2.45, 2.75) is 32.4 Å². The molecule has 6 nitrogen and oxygen atoms in total. The number of imidazole rings is 1. The van der Waals surface area contributed by atoms with Crippen LogP contribution < -0.4 is 11.0 Å². The molecule has 0 saturated heterocycles. The second-order valence-electron chi connectivity index (χ2n) is 5.10. The van der Waals surface area contributed by atoms with E-state index < -0.39 is 0 Å². The zero-order chi connectivity index (χ0) is 15.4. The maximum absolute atomic E-state index is 12.2. The predicted molar refractivity (Wildman–Crippen MR) is 81.1 cm³/mol. The molecule has 2 aromatic rings. The zero-order valence-corrected chi connectivity index (χ0v) is 12.4. The zero-order valence-electron chi connectivity index (χ0n) is 12.4. The number of nitrogens with one attached hydrogen (secondary N) is 1. The first-order valence-electron chi connectivity index (χ1n) is 7.13. The minimum atomic E-state index is -0.214. The lowest BCUT2D eigenvalue weighted by Gasteiger charge is -2.15. The Morgan fingerprint density at radius 1 is 1.33 bits per heavy atom. The first-order chi connectivity index (χ1) is 10.1. The summed E-state index contributed by atoms with van der Waals surface area (Å²) in [5.41, 5.74) is 1.34. The number of nitrogens with zero attached hydrogens (tertiary/aromatic N) is 2. The Hall–Kier alpha value is -2.08. The number of fused-ring (bicyclic) bond motifs is 1. The number of amides is 1. The third-order valence-electron chi connectivity index (χ3n) is 3.69. The molecule has 114 valence electrons. The molecule has 2 rings (SSSR count). The van der Waals surface area contributed by atoms with Gasteiger partial charge >= 0.3 is 5.69 Å². The van der Waals surface area contributed by atoms with Gasteiger partial charge in [-0.15, -0.1) is 0 Å². The van der Waals surface area contributed by atoms with E-state index in [9.17, 15) is 9.59 Å². The molecule has 0 bridgehead atoms. The van der Waals surface area contributed by atoms with E-state index in [2.05, 4.69) is 5.32 Å². The van der Waals surface area contributed by atoms with Crippen molar-refractivity contribution in [1.82, 2.24) is 14.5 Å². The highest BCUT2D eigenvalue weighted by Gasteiger charge is 2.15. The SMILES string of the molecule is CCC(CCO)NC(=O)Cn1c(=O)n(C)c2ccccc21. The van der Waals surface area contributed by atoms with E-state index in [1.807, 2.05) is 31.2 Å². The summed E-state index contributed by atoms with van der Waals surface area (Å²) in [6, 6.07) is 7.33. The van der Waals surface area contributed by atoms with Crippen LogP contribution in [0.5, 0.6) is 0 Å². The smallest absolute Gasteiger partial charge is 0.329 e. The molecule has 6 heteroatoms. The molecule has 1 aromatic carbocycles. The Bertz CT molecular complexity index is 687. The summed E-state index contributed by atoms with van der Waals surface area (Å²) < 4.78 is 3.00. The highest BCUT2D eigenvalue weighted by molar-refractivity contribution is 5.81. The summed E-state index contributed by atoms with van der Waals surface area (Å²) in [6.07, 6.45) is 1.27. The van der Waals surface area contributed by atoms with Crippen LogP contribution in [0.2, 0.25) is 0 Å². The standard InChI is InChI=1S/C15H21N3O3/c1-3-11(8-9-19)16-14(20)10-18-13-7-5-4-6-12(13)17(2)15(18)21/h4-7,11,19H,3,8-10H2,1-2H3,(H,16,20). The van der Waals surface area contributed by atoms with Crippen LogP contribution in [-0.2, 0) is 18.4 Å². The number of hydrogen-bond acceptors (Lipinski definition) is 3. The van der Waals surface area contributed by atoms with Gasteiger partial charge in [-0.25, -0.2) is 4.79 Å². The molecule has 2 N–H and O–H groups in total. The van der Waals surface area contributed by atoms with Crippen LogP contribution in [0.4, 0.5) is 0 Å². The number of hydrogen-bond donors (Lipinski definition) is 2. The van der Waals surface area contributed by atoms with Gasteiger partial charge in [-0.3, -0.25) is 13.9 Å². The van der Waals surface area contributed by atoms with E-state index in [0.29, 0.717) is 6.42 Å². The van der Waals surface area contributed by atoms with Crippen molar-refractivity contribution in [3.05, 3.63) is 34.7 Å². The molecular formula is C15H21N3O3. The summed E-state index contributed by atoms with van der Waals surface area (Å²) in [7, 11) is 1.69. The Morgan fingerprint density at radius 3 is 2.62 bits per heavy atom. The van der Waals surface area contributed by atoms with Gasteiger partial charge in [0, 0.05) is 19.7 Å². The van der Waals surface area contributed by atoms with E-state index in [1.165, 1.54) is 9.13 Å². The third kappa shape index (κ3) is 3.16. The van der Waals surface area contributed by atoms with Gasteiger partial charge in [0.25, 0.3) is 0 Å². The second-order valence-corrected chi connectivity index (χ2v) is 5.10. The summed E-state index contributed by atoms with van der Waals surface area (Å²) in [5.74, 6) is -0.214. The first-order valence-corrected chi connectivity index (χ1v) is 7.13. The van der Waals surface area contributed by atoms with Crippen LogP contribution in [-0.4, -0.2) is 32.8 Å². The van der Waals surface area contributed by atoms with Crippen molar-refractivity contribution in [3.8, 4) is 0 Å². The topological polar surface area (TPSA) is 76.3 Å². The Kier molecular flexibility index (Phi) is 4.80. The maximum Gasteiger partial charge on any atom is 0.329 e. The molecule has 0 aliphatic rings.